The Morgan fingerprint density at radius 1 is 1.18 bits per heavy atom. The van der Waals surface area contributed by atoms with Crippen molar-refractivity contribution in [2.24, 2.45) is 0 Å². The number of amides is 1. The fraction of sp³-hybridized carbons (Fsp3) is 0.0588. The molecule has 0 aliphatic carbocycles. The van der Waals surface area contributed by atoms with Gasteiger partial charge in [-0.3, -0.25) is 4.79 Å². The van der Waals surface area contributed by atoms with E-state index in [0.29, 0.717) is 16.8 Å². The maximum Gasteiger partial charge on any atom is 0.335 e. The van der Waals surface area contributed by atoms with Gasteiger partial charge in [-0.1, -0.05) is 12.1 Å². The van der Waals surface area contributed by atoms with E-state index in [9.17, 15) is 9.59 Å². The van der Waals surface area contributed by atoms with Crippen LogP contribution in [-0.4, -0.2) is 24.1 Å². The maximum absolute atomic E-state index is 12.1. The van der Waals surface area contributed by atoms with Crippen molar-refractivity contribution in [3.8, 4) is 5.75 Å². The molecule has 1 aliphatic heterocycles. The number of carbonyl (C=O) groups is 2. The quantitative estimate of drug-likeness (QED) is 0.854. The highest BCUT2D eigenvalue weighted by Crippen LogP contribution is 2.34. The van der Waals surface area contributed by atoms with Gasteiger partial charge in [0.25, 0.3) is 5.91 Å². The van der Waals surface area contributed by atoms with E-state index in [-0.39, 0.29) is 11.5 Å². The zero-order chi connectivity index (χ0) is 15.7. The van der Waals surface area contributed by atoms with Crippen LogP contribution < -0.4 is 10.1 Å². The van der Waals surface area contributed by atoms with Crippen molar-refractivity contribution in [1.29, 1.82) is 0 Å². The Balaban J connectivity index is 2.04. The first kappa shape index (κ1) is 13.9. The molecule has 3 rings (SSSR count). The zero-order valence-electron chi connectivity index (χ0n) is 11.8. The van der Waals surface area contributed by atoms with Crippen LogP contribution in [0.3, 0.4) is 0 Å². The first-order valence-corrected chi connectivity index (χ1v) is 6.63. The van der Waals surface area contributed by atoms with Crippen LogP contribution in [0.25, 0.3) is 11.6 Å². The van der Waals surface area contributed by atoms with Crippen LogP contribution >= 0.6 is 0 Å². The summed E-state index contributed by atoms with van der Waals surface area (Å²) in [5.74, 6) is -0.536. The summed E-state index contributed by atoms with van der Waals surface area (Å²) in [6, 6.07) is 11.8. The molecule has 0 saturated heterocycles. The molecule has 0 unspecified atom stereocenters. The number of fused-ring (bicyclic) bond motifs is 1. The number of anilines is 1. The number of rotatable bonds is 3. The minimum absolute atomic E-state index is 0.149. The summed E-state index contributed by atoms with van der Waals surface area (Å²) in [5.41, 5.74) is 2.65. The van der Waals surface area contributed by atoms with Crippen LogP contribution in [0, 0.1) is 0 Å². The minimum atomic E-state index is -1.02. The van der Waals surface area contributed by atoms with E-state index in [1.807, 2.05) is 12.1 Å². The lowest BCUT2D eigenvalue weighted by Gasteiger charge is -2.02. The van der Waals surface area contributed by atoms with E-state index in [0.717, 1.165) is 11.3 Å². The van der Waals surface area contributed by atoms with E-state index < -0.39 is 5.97 Å². The van der Waals surface area contributed by atoms with Crippen molar-refractivity contribution in [3.05, 3.63) is 59.2 Å². The second-order valence-corrected chi connectivity index (χ2v) is 4.85. The number of carbonyl (C=O) groups excluding carboxylic acids is 1. The van der Waals surface area contributed by atoms with Crippen molar-refractivity contribution in [2.45, 2.75) is 0 Å². The van der Waals surface area contributed by atoms with Crippen molar-refractivity contribution in [3.63, 3.8) is 0 Å². The fourth-order valence-corrected chi connectivity index (χ4v) is 2.33. The van der Waals surface area contributed by atoms with Gasteiger partial charge in [-0.05, 0) is 42.0 Å². The lowest BCUT2D eigenvalue weighted by atomic mass is 10.0. The topological polar surface area (TPSA) is 75.6 Å². The van der Waals surface area contributed by atoms with Crippen LogP contribution in [0.4, 0.5) is 5.69 Å². The van der Waals surface area contributed by atoms with Crippen molar-refractivity contribution < 1.29 is 19.4 Å². The molecule has 5 nitrogen and oxygen atoms in total. The summed E-state index contributed by atoms with van der Waals surface area (Å²) in [6.45, 7) is 0. The molecule has 1 amide bonds. The second-order valence-electron chi connectivity index (χ2n) is 4.85. The van der Waals surface area contributed by atoms with Gasteiger partial charge in [0.15, 0.2) is 0 Å². The molecule has 0 spiro atoms. The number of hydrogen-bond acceptors (Lipinski definition) is 3. The third-order valence-corrected chi connectivity index (χ3v) is 3.48. The molecule has 1 aliphatic rings. The van der Waals surface area contributed by atoms with Crippen molar-refractivity contribution in [2.75, 3.05) is 12.4 Å². The molecule has 0 radical (unpaired) electrons. The highest BCUT2D eigenvalue weighted by Gasteiger charge is 2.25. The lowest BCUT2D eigenvalue weighted by molar-refractivity contribution is -0.110. The Morgan fingerprint density at radius 2 is 1.91 bits per heavy atom. The van der Waals surface area contributed by atoms with Crippen LogP contribution in [0.5, 0.6) is 5.75 Å². The number of ether oxygens (including phenoxy) is 1. The Morgan fingerprint density at radius 3 is 2.55 bits per heavy atom. The molecule has 1 heterocycles. The molecule has 0 fully saturated rings. The molecule has 0 aromatic heterocycles. The molecule has 2 aromatic rings. The first-order chi connectivity index (χ1) is 10.6. The second kappa shape index (κ2) is 5.37. The van der Waals surface area contributed by atoms with Gasteiger partial charge in [-0.25, -0.2) is 4.79 Å². The average molecular weight is 295 g/mol. The van der Waals surface area contributed by atoms with Crippen LogP contribution in [0.2, 0.25) is 0 Å². The Bertz CT molecular complexity index is 791. The van der Waals surface area contributed by atoms with E-state index in [2.05, 4.69) is 5.32 Å². The molecular weight excluding hydrogens is 282 g/mol. The van der Waals surface area contributed by atoms with Gasteiger partial charge in [0.1, 0.15) is 5.75 Å². The standard InChI is InChI=1S/C17H13NO4/c1-22-12-5-2-10(3-6-12)8-14-13-9-11(17(20)21)4-7-15(13)18-16(14)19/h2-9H,1H3,(H,18,19)(H,20,21)/b14-8-. The van der Waals surface area contributed by atoms with Gasteiger partial charge in [0, 0.05) is 16.8 Å². The minimum Gasteiger partial charge on any atom is -0.497 e. The predicted octanol–water partition coefficient (Wildman–Crippen LogP) is 2.89. The van der Waals surface area contributed by atoms with E-state index in [4.69, 9.17) is 9.84 Å². The van der Waals surface area contributed by atoms with Crippen LogP contribution in [-0.2, 0) is 4.79 Å². The molecule has 110 valence electrons. The maximum atomic E-state index is 12.1. The predicted molar refractivity (Wildman–Crippen MR) is 82.9 cm³/mol. The van der Waals surface area contributed by atoms with Gasteiger partial charge < -0.3 is 15.2 Å². The summed E-state index contributed by atoms with van der Waals surface area (Å²) in [5, 5.41) is 11.8. The molecule has 2 N–H and O–H groups in total. The summed E-state index contributed by atoms with van der Waals surface area (Å²) in [6.07, 6.45) is 1.73. The third kappa shape index (κ3) is 2.44. The fourth-order valence-electron chi connectivity index (χ4n) is 2.33. The normalized spacial score (nSPS) is 14.6. The molecule has 0 bridgehead atoms. The van der Waals surface area contributed by atoms with E-state index in [1.165, 1.54) is 12.1 Å². The monoisotopic (exact) mass is 295 g/mol. The van der Waals surface area contributed by atoms with Gasteiger partial charge in [0.2, 0.25) is 0 Å². The summed E-state index contributed by atoms with van der Waals surface area (Å²) in [4.78, 5) is 23.2. The molecule has 0 atom stereocenters. The highest BCUT2D eigenvalue weighted by atomic mass is 16.5. The molecule has 0 saturated carbocycles. The molecule has 5 heteroatoms. The first-order valence-electron chi connectivity index (χ1n) is 6.63. The zero-order valence-corrected chi connectivity index (χ0v) is 11.8. The number of benzene rings is 2. The molecular formula is C17H13NO4. The van der Waals surface area contributed by atoms with Crippen LogP contribution in [0.1, 0.15) is 21.5 Å². The Kier molecular flexibility index (Phi) is 3.39. The number of aromatic carboxylic acids is 1. The van der Waals surface area contributed by atoms with Gasteiger partial charge in [-0.2, -0.15) is 0 Å². The van der Waals surface area contributed by atoms with E-state index in [1.54, 1.807) is 31.4 Å². The summed E-state index contributed by atoms with van der Waals surface area (Å²) < 4.78 is 5.09. The summed E-state index contributed by atoms with van der Waals surface area (Å²) in [7, 11) is 1.58. The average Bonchev–Trinajstić information content (AvgIpc) is 2.83. The van der Waals surface area contributed by atoms with Gasteiger partial charge in [-0.15, -0.1) is 0 Å². The van der Waals surface area contributed by atoms with Gasteiger partial charge >= 0.3 is 5.97 Å². The SMILES string of the molecule is COc1ccc(/C=C2\C(=O)Nc3ccc(C(=O)O)cc32)cc1. The highest BCUT2D eigenvalue weighted by molar-refractivity contribution is 6.35. The third-order valence-electron chi connectivity index (χ3n) is 3.48. The number of carboxylic acids is 1. The number of methoxy groups -OCH3 is 1. The van der Waals surface area contributed by atoms with Crippen LogP contribution in [0.15, 0.2) is 42.5 Å². The number of carboxylic acid groups (broad SMARTS) is 1. The number of nitrogens with one attached hydrogen (secondary N) is 1. The number of hydrogen-bond donors (Lipinski definition) is 2. The van der Waals surface area contributed by atoms with Gasteiger partial charge in [0.05, 0.1) is 12.7 Å². The van der Waals surface area contributed by atoms with Crippen molar-refractivity contribution >= 4 is 29.2 Å². The van der Waals surface area contributed by atoms with Crippen molar-refractivity contribution in [1.82, 2.24) is 0 Å². The van der Waals surface area contributed by atoms with E-state index >= 15 is 0 Å². The molecule has 2 aromatic carbocycles. The summed E-state index contributed by atoms with van der Waals surface area (Å²) >= 11 is 0. The smallest absolute Gasteiger partial charge is 0.335 e. The lowest BCUT2D eigenvalue weighted by Crippen LogP contribution is -2.03. The Labute approximate surface area is 126 Å². The Hall–Kier alpha value is -3.08. The largest absolute Gasteiger partial charge is 0.497 e. The molecule has 22 heavy (non-hydrogen) atoms.